The van der Waals surface area contributed by atoms with Crippen LogP contribution in [0.15, 0.2) is 43.1 Å². The molecule has 4 nitrogen and oxygen atoms in total. The number of amides is 1. The number of halogens is 1. The fraction of sp³-hybridized carbons (Fsp3) is 0.263. The molecule has 24 heavy (non-hydrogen) atoms. The summed E-state index contributed by atoms with van der Waals surface area (Å²) in [6.45, 7) is 6.80. The molecule has 0 radical (unpaired) electrons. The molecule has 1 unspecified atom stereocenters. The van der Waals surface area contributed by atoms with Gasteiger partial charge in [0.15, 0.2) is 0 Å². The maximum Gasteiger partial charge on any atom is 0.242 e. The zero-order valence-electron chi connectivity index (χ0n) is 13.6. The normalized spacial score (nSPS) is 16.8. The Balaban J connectivity index is 1.71. The van der Waals surface area contributed by atoms with E-state index in [0.29, 0.717) is 5.82 Å². The molecule has 0 bridgehead atoms. The molecule has 1 amide bonds. The molecule has 1 saturated heterocycles. The molecule has 2 aromatic rings. The molecule has 0 aliphatic carbocycles. The Bertz CT molecular complexity index is 765. The fourth-order valence-electron chi connectivity index (χ4n) is 2.89. The van der Waals surface area contributed by atoms with Gasteiger partial charge in [-0.1, -0.05) is 12.6 Å². The predicted molar refractivity (Wildman–Crippen MR) is 93.2 cm³/mol. The van der Waals surface area contributed by atoms with Gasteiger partial charge in [0.05, 0.1) is 6.04 Å². The van der Waals surface area contributed by atoms with E-state index >= 15 is 0 Å². The number of carbonyl (C=O) groups excluding carboxylic acids is 1. The monoisotopic (exact) mass is 325 g/mol. The number of rotatable bonds is 4. The lowest BCUT2D eigenvalue weighted by Gasteiger charge is -2.12. The first-order valence-corrected chi connectivity index (χ1v) is 8.01. The lowest BCUT2D eigenvalue weighted by molar-refractivity contribution is -0.117. The summed E-state index contributed by atoms with van der Waals surface area (Å²) in [4.78, 5) is 16.4. The summed E-state index contributed by atoms with van der Waals surface area (Å²) in [5.74, 6) is 0.197. The summed E-state index contributed by atoms with van der Waals surface area (Å²) in [5.41, 5.74) is 3.31. The van der Waals surface area contributed by atoms with Gasteiger partial charge < -0.3 is 10.6 Å². The molecule has 1 aliphatic rings. The van der Waals surface area contributed by atoms with Crippen LogP contribution in [0.2, 0.25) is 0 Å². The van der Waals surface area contributed by atoms with Crippen molar-refractivity contribution in [3.63, 3.8) is 0 Å². The first kappa shape index (κ1) is 16.3. The number of aromatic nitrogens is 1. The number of pyridine rings is 1. The second-order valence-electron chi connectivity index (χ2n) is 6.01. The molecule has 5 heteroatoms. The highest BCUT2D eigenvalue weighted by Gasteiger charge is 2.22. The van der Waals surface area contributed by atoms with Crippen LogP contribution in [0.4, 0.5) is 10.2 Å². The molecule has 124 valence electrons. The van der Waals surface area contributed by atoms with Gasteiger partial charge in [-0.2, -0.15) is 0 Å². The summed E-state index contributed by atoms with van der Waals surface area (Å²) in [5, 5.41) is 5.97. The van der Waals surface area contributed by atoms with Crippen LogP contribution in [0, 0.1) is 12.7 Å². The highest BCUT2D eigenvalue weighted by atomic mass is 19.1. The van der Waals surface area contributed by atoms with E-state index < -0.39 is 0 Å². The Hall–Kier alpha value is -2.53. The maximum atomic E-state index is 13.2. The molecule has 1 atom stereocenters. The largest absolute Gasteiger partial charge is 0.309 e. The van der Waals surface area contributed by atoms with Gasteiger partial charge in [-0.25, -0.2) is 9.37 Å². The summed E-state index contributed by atoms with van der Waals surface area (Å²) in [7, 11) is 0. The predicted octanol–water partition coefficient (Wildman–Crippen LogP) is 3.28. The van der Waals surface area contributed by atoms with Gasteiger partial charge in [-0.3, -0.25) is 4.79 Å². The molecule has 2 N–H and O–H groups in total. The van der Waals surface area contributed by atoms with E-state index in [9.17, 15) is 9.18 Å². The third-order valence-corrected chi connectivity index (χ3v) is 4.25. The summed E-state index contributed by atoms with van der Waals surface area (Å²) in [6.07, 6.45) is 3.54. The number of hydrogen-bond donors (Lipinski definition) is 2. The van der Waals surface area contributed by atoms with Crippen molar-refractivity contribution in [3.8, 4) is 0 Å². The maximum absolute atomic E-state index is 13.2. The Morgan fingerprint density at radius 3 is 2.83 bits per heavy atom. The molecular formula is C19H20FN3O. The molecule has 1 fully saturated rings. The van der Waals surface area contributed by atoms with Crippen molar-refractivity contribution in [3.05, 3.63) is 65.6 Å². The van der Waals surface area contributed by atoms with Gasteiger partial charge in [0.2, 0.25) is 5.91 Å². The van der Waals surface area contributed by atoms with Crippen molar-refractivity contribution >= 4 is 17.3 Å². The van der Waals surface area contributed by atoms with Crippen LogP contribution in [0.1, 0.15) is 29.5 Å². The van der Waals surface area contributed by atoms with Crippen LogP contribution in [0.5, 0.6) is 0 Å². The van der Waals surface area contributed by atoms with Crippen LogP contribution in [0.3, 0.4) is 0 Å². The second-order valence-corrected chi connectivity index (χ2v) is 6.01. The van der Waals surface area contributed by atoms with E-state index in [2.05, 4.69) is 22.2 Å². The molecule has 0 saturated carbocycles. The minimum atomic E-state index is -0.263. The SMILES string of the molecule is C=C(c1ccc(NC(=O)C2CCCN2)nc1)c1ccc(F)cc1C. The second kappa shape index (κ2) is 6.93. The summed E-state index contributed by atoms with van der Waals surface area (Å²) < 4.78 is 13.2. The Morgan fingerprint density at radius 2 is 2.21 bits per heavy atom. The van der Waals surface area contributed by atoms with Gasteiger partial charge in [-0.15, -0.1) is 0 Å². The number of aryl methyl sites for hydroxylation is 1. The van der Waals surface area contributed by atoms with Crippen LogP contribution in [-0.2, 0) is 4.79 Å². The van der Waals surface area contributed by atoms with Crippen LogP contribution < -0.4 is 10.6 Å². The number of hydrogen-bond acceptors (Lipinski definition) is 3. The zero-order valence-corrected chi connectivity index (χ0v) is 13.6. The van der Waals surface area contributed by atoms with Crippen molar-refractivity contribution in [1.82, 2.24) is 10.3 Å². The zero-order chi connectivity index (χ0) is 17.1. The van der Waals surface area contributed by atoms with Gasteiger partial charge in [0.25, 0.3) is 0 Å². The van der Waals surface area contributed by atoms with E-state index in [1.165, 1.54) is 12.1 Å². The lowest BCUT2D eigenvalue weighted by atomic mass is 9.97. The number of nitrogens with one attached hydrogen (secondary N) is 2. The number of benzene rings is 1. The van der Waals surface area contributed by atoms with Crippen molar-refractivity contribution < 1.29 is 9.18 Å². The summed E-state index contributed by atoms with van der Waals surface area (Å²) in [6, 6.07) is 8.10. The molecule has 0 spiro atoms. The van der Waals surface area contributed by atoms with E-state index in [0.717, 1.165) is 41.6 Å². The van der Waals surface area contributed by atoms with E-state index in [-0.39, 0.29) is 17.8 Å². The standard InChI is InChI=1S/C19H20FN3O/c1-12-10-15(20)6-7-16(12)13(2)14-5-8-18(22-11-14)23-19(24)17-4-3-9-21-17/h5-8,10-11,17,21H,2-4,9H2,1H3,(H,22,23,24). The quantitative estimate of drug-likeness (QED) is 0.907. The summed E-state index contributed by atoms with van der Waals surface area (Å²) >= 11 is 0. The van der Waals surface area contributed by atoms with E-state index in [1.54, 1.807) is 18.3 Å². The Kier molecular flexibility index (Phi) is 4.71. The van der Waals surface area contributed by atoms with Gasteiger partial charge in [-0.05, 0) is 67.3 Å². The van der Waals surface area contributed by atoms with Crippen molar-refractivity contribution in [1.29, 1.82) is 0 Å². The average molecular weight is 325 g/mol. The minimum absolute atomic E-state index is 0.0547. The third-order valence-electron chi connectivity index (χ3n) is 4.25. The van der Waals surface area contributed by atoms with E-state index in [4.69, 9.17) is 0 Å². The number of anilines is 1. The van der Waals surface area contributed by atoms with Crippen LogP contribution >= 0.6 is 0 Å². The Morgan fingerprint density at radius 1 is 1.38 bits per heavy atom. The smallest absolute Gasteiger partial charge is 0.242 e. The molecule has 2 heterocycles. The van der Waals surface area contributed by atoms with Gasteiger partial charge >= 0.3 is 0 Å². The first-order chi connectivity index (χ1) is 11.5. The van der Waals surface area contributed by atoms with Crippen molar-refractivity contribution in [2.24, 2.45) is 0 Å². The lowest BCUT2D eigenvalue weighted by Crippen LogP contribution is -2.35. The molecule has 1 aliphatic heterocycles. The van der Waals surface area contributed by atoms with Crippen LogP contribution in [0.25, 0.3) is 5.57 Å². The van der Waals surface area contributed by atoms with Crippen molar-refractivity contribution in [2.75, 3.05) is 11.9 Å². The highest BCUT2D eigenvalue weighted by Crippen LogP contribution is 2.25. The molecular weight excluding hydrogens is 305 g/mol. The van der Waals surface area contributed by atoms with Gasteiger partial charge in [0.1, 0.15) is 11.6 Å². The molecule has 1 aromatic heterocycles. The van der Waals surface area contributed by atoms with Crippen molar-refractivity contribution in [2.45, 2.75) is 25.8 Å². The third kappa shape index (κ3) is 3.51. The topological polar surface area (TPSA) is 54.0 Å². The number of carbonyl (C=O) groups is 1. The first-order valence-electron chi connectivity index (χ1n) is 8.01. The van der Waals surface area contributed by atoms with Gasteiger partial charge in [0, 0.05) is 11.8 Å². The molecule has 3 rings (SSSR count). The average Bonchev–Trinajstić information content (AvgIpc) is 3.09. The minimum Gasteiger partial charge on any atom is -0.309 e. The fourth-order valence-corrected chi connectivity index (χ4v) is 2.89. The Labute approximate surface area is 140 Å². The van der Waals surface area contributed by atoms with E-state index in [1.807, 2.05) is 13.0 Å². The molecule has 1 aromatic carbocycles. The number of nitrogens with zero attached hydrogens (tertiary/aromatic N) is 1. The highest BCUT2D eigenvalue weighted by molar-refractivity contribution is 5.94. The van der Waals surface area contributed by atoms with Crippen LogP contribution in [-0.4, -0.2) is 23.5 Å².